The predicted molar refractivity (Wildman–Crippen MR) is 86.8 cm³/mol. The first-order valence-electron chi connectivity index (χ1n) is 7.31. The van der Waals surface area contributed by atoms with Crippen LogP contribution in [0.25, 0.3) is 0 Å². The number of likely N-dealkylation sites (N-methyl/N-ethyl adjacent to an activating group) is 1. The number of aryl methyl sites for hydroxylation is 1. The molecule has 2 heteroatoms. The van der Waals surface area contributed by atoms with Gasteiger partial charge in [0.1, 0.15) is 0 Å². The van der Waals surface area contributed by atoms with E-state index < -0.39 is 0 Å². The summed E-state index contributed by atoms with van der Waals surface area (Å²) in [6.07, 6.45) is 3.46. The molecule has 20 heavy (non-hydrogen) atoms. The molecule has 0 saturated carbocycles. The Kier molecular flexibility index (Phi) is 5.63. The van der Waals surface area contributed by atoms with Crippen LogP contribution in [0, 0.1) is 0 Å². The highest BCUT2D eigenvalue weighted by Gasteiger charge is 2.00. The van der Waals surface area contributed by atoms with Gasteiger partial charge in [-0.25, -0.2) is 0 Å². The number of benzene rings is 2. The molecule has 0 aliphatic heterocycles. The van der Waals surface area contributed by atoms with Crippen molar-refractivity contribution in [3.63, 3.8) is 0 Å². The fourth-order valence-electron chi connectivity index (χ4n) is 2.31. The Labute approximate surface area is 122 Å². The van der Waals surface area contributed by atoms with E-state index >= 15 is 0 Å². The van der Waals surface area contributed by atoms with Crippen LogP contribution in [0.15, 0.2) is 54.6 Å². The van der Waals surface area contributed by atoms with Gasteiger partial charge >= 0.3 is 0 Å². The first kappa shape index (κ1) is 14.6. The van der Waals surface area contributed by atoms with Gasteiger partial charge in [0.15, 0.2) is 0 Å². The molecule has 2 aromatic rings. The molecule has 0 bridgehead atoms. The van der Waals surface area contributed by atoms with Crippen molar-refractivity contribution < 1.29 is 0 Å². The molecule has 106 valence electrons. The van der Waals surface area contributed by atoms with Gasteiger partial charge in [-0.1, -0.05) is 42.5 Å². The standard InChI is InChI=1S/C18H24N2/c1-20(14-5-8-16-6-3-2-4-7-16)15-13-17-9-11-18(19)12-10-17/h2-4,6-7,9-12H,5,8,13-15,19H2,1H3. The van der Waals surface area contributed by atoms with Gasteiger partial charge in [-0.15, -0.1) is 0 Å². The monoisotopic (exact) mass is 268 g/mol. The molecule has 2 nitrogen and oxygen atoms in total. The topological polar surface area (TPSA) is 29.3 Å². The van der Waals surface area contributed by atoms with Crippen LogP contribution < -0.4 is 5.73 Å². The second-order valence-electron chi connectivity index (χ2n) is 5.38. The summed E-state index contributed by atoms with van der Waals surface area (Å²) < 4.78 is 0. The van der Waals surface area contributed by atoms with Crippen LogP contribution in [-0.2, 0) is 12.8 Å². The maximum atomic E-state index is 5.69. The highest BCUT2D eigenvalue weighted by atomic mass is 15.1. The molecule has 2 aromatic carbocycles. The van der Waals surface area contributed by atoms with E-state index in [-0.39, 0.29) is 0 Å². The number of nitrogens with zero attached hydrogens (tertiary/aromatic N) is 1. The van der Waals surface area contributed by atoms with E-state index in [9.17, 15) is 0 Å². The lowest BCUT2D eigenvalue weighted by molar-refractivity contribution is 0.333. The number of rotatable bonds is 7. The Morgan fingerprint density at radius 3 is 2.15 bits per heavy atom. The molecule has 2 rings (SSSR count). The normalized spacial score (nSPS) is 10.9. The summed E-state index contributed by atoms with van der Waals surface area (Å²) in [4.78, 5) is 2.40. The van der Waals surface area contributed by atoms with Crippen molar-refractivity contribution in [1.29, 1.82) is 0 Å². The minimum atomic E-state index is 0.838. The third kappa shape index (κ3) is 5.06. The Bertz CT molecular complexity index is 491. The summed E-state index contributed by atoms with van der Waals surface area (Å²) >= 11 is 0. The fraction of sp³-hybridized carbons (Fsp3) is 0.333. The molecule has 0 aliphatic carbocycles. The minimum absolute atomic E-state index is 0.838. The van der Waals surface area contributed by atoms with E-state index in [1.54, 1.807) is 0 Å². The average molecular weight is 268 g/mol. The Morgan fingerprint density at radius 2 is 1.45 bits per heavy atom. The molecular formula is C18H24N2. The Hall–Kier alpha value is -1.80. The molecule has 0 radical (unpaired) electrons. The zero-order valence-corrected chi connectivity index (χ0v) is 12.3. The third-order valence-electron chi connectivity index (χ3n) is 3.61. The molecule has 0 amide bonds. The van der Waals surface area contributed by atoms with E-state index in [0.717, 1.165) is 31.6 Å². The minimum Gasteiger partial charge on any atom is -0.399 e. The zero-order valence-electron chi connectivity index (χ0n) is 12.3. The van der Waals surface area contributed by atoms with Gasteiger partial charge in [-0.2, -0.15) is 0 Å². The van der Waals surface area contributed by atoms with Crippen LogP contribution in [-0.4, -0.2) is 25.0 Å². The quantitative estimate of drug-likeness (QED) is 0.780. The molecule has 0 heterocycles. The fourth-order valence-corrected chi connectivity index (χ4v) is 2.31. The average Bonchev–Trinajstić information content (AvgIpc) is 2.48. The largest absolute Gasteiger partial charge is 0.399 e. The van der Waals surface area contributed by atoms with Crippen molar-refractivity contribution >= 4 is 5.69 Å². The maximum absolute atomic E-state index is 5.69. The van der Waals surface area contributed by atoms with Crippen molar-refractivity contribution in [2.75, 3.05) is 25.9 Å². The van der Waals surface area contributed by atoms with Crippen LogP contribution in [0.1, 0.15) is 17.5 Å². The van der Waals surface area contributed by atoms with E-state index in [0.29, 0.717) is 0 Å². The third-order valence-corrected chi connectivity index (χ3v) is 3.61. The molecule has 0 spiro atoms. The van der Waals surface area contributed by atoms with Crippen molar-refractivity contribution in [1.82, 2.24) is 4.90 Å². The van der Waals surface area contributed by atoms with Crippen LogP contribution in [0.3, 0.4) is 0 Å². The van der Waals surface area contributed by atoms with Crippen molar-refractivity contribution in [3.8, 4) is 0 Å². The summed E-state index contributed by atoms with van der Waals surface area (Å²) in [6.45, 7) is 2.24. The first-order chi connectivity index (χ1) is 9.74. The van der Waals surface area contributed by atoms with Gasteiger partial charge in [0.25, 0.3) is 0 Å². The van der Waals surface area contributed by atoms with Crippen molar-refractivity contribution in [3.05, 3.63) is 65.7 Å². The lowest BCUT2D eigenvalue weighted by Gasteiger charge is -2.16. The second kappa shape index (κ2) is 7.71. The smallest absolute Gasteiger partial charge is 0.0314 e. The van der Waals surface area contributed by atoms with Crippen molar-refractivity contribution in [2.45, 2.75) is 19.3 Å². The summed E-state index contributed by atoms with van der Waals surface area (Å²) in [7, 11) is 2.20. The number of nitrogen functional groups attached to an aromatic ring is 1. The van der Waals surface area contributed by atoms with E-state index in [4.69, 9.17) is 5.73 Å². The van der Waals surface area contributed by atoms with Crippen LogP contribution in [0.4, 0.5) is 5.69 Å². The van der Waals surface area contributed by atoms with E-state index in [2.05, 4.69) is 54.4 Å². The van der Waals surface area contributed by atoms with Gasteiger partial charge in [-0.3, -0.25) is 0 Å². The van der Waals surface area contributed by atoms with Gasteiger partial charge in [-0.05, 0) is 56.1 Å². The molecule has 0 unspecified atom stereocenters. The highest BCUT2D eigenvalue weighted by molar-refractivity contribution is 5.39. The summed E-state index contributed by atoms with van der Waals surface area (Å²) in [6, 6.07) is 18.9. The van der Waals surface area contributed by atoms with E-state index in [1.807, 2.05) is 12.1 Å². The van der Waals surface area contributed by atoms with Crippen LogP contribution in [0.5, 0.6) is 0 Å². The maximum Gasteiger partial charge on any atom is 0.0314 e. The van der Waals surface area contributed by atoms with Gasteiger partial charge < -0.3 is 10.6 Å². The molecule has 0 atom stereocenters. The Morgan fingerprint density at radius 1 is 0.800 bits per heavy atom. The lowest BCUT2D eigenvalue weighted by Crippen LogP contribution is -2.22. The molecule has 2 N–H and O–H groups in total. The van der Waals surface area contributed by atoms with Gasteiger partial charge in [0.2, 0.25) is 0 Å². The zero-order chi connectivity index (χ0) is 14.2. The van der Waals surface area contributed by atoms with Gasteiger partial charge in [0, 0.05) is 12.2 Å². The molecule has 0 fully saturated rings. The number of anilines is 1. The summed E-state index contributed by atoms with van der Waals surface area (Å²) in [5.41, 5.74) is 9.32. The molecule has 0 aliphatic rings. The highest BCUT2D eigenvalue weighted by Crippen LogP contribution is 2.07. The number of hydrogen-bond acceptors (Lipinski definition) is 2. The number of nitrogens with two attached hydrogens (primary N) is 1. The van der Waals surface area contributed by atoms with Crippen LogP contribution >= 0.6 is 0 Å². The van der Waals surface area contributed by atoms with Crippen LogP contribution in [0.2, 0.25) is 0 Å². The molecular weight excluding hydrogens is 244 g/mol. The second-order valence-corrected chi connectivity index (χ2v) is 5.38. The van der Waals surface area contributed by atoms with Crippen molar-refractivity contribution in [2.24, 2.45) is 0 Å². The van der Waals surface area contributed by atoms with E-state index in [1.165, 1.54) is 17.5 Å². The summed E-state index contributed by atoms with van der Waals surface area (Å²) in [5.74, 6) is 0. The van der Waals surface area contributed by atoms with Gasteiger partial charge in [0.05, 0.1) is 0 Å². The first-order valence-corrected chi connectivity index (χ1v) is 7.31. The predicted octanol–water partition coefficient (Wildman–Crippen LogP) is 3.38. The number of hydrogen-bond donors (Lipinski definition) is 1. The summed E-state index contributed by atoms with van der Waals surface area (Å²) in [5, 5.41) is 0. The Balaban J connectivity index is 1.65. The molecule has 0 aromatic heterocycles. The lowest BCUT2D eigenvalue weighted by atomic mass is 10.1. The molecule has 0 saturated heterocycles. The SMILES string of the molecule is CN(CCCc1ccccc1)CCc1ccc(N)cc1.